The Morgan fingerprint density at radius 1 is 1.30 bits per heavy atom. The van der Waals surface area contributed by atoms with Crippen LogP contribution in [0.3, 0.4) is 0 Å². The van der Waals surface area contributed by atoms with Gasteiger partial charge in [0.15, 0.2) is 0 Å². The maximum Gasteiger partial charge on any atom is 0.0541 e. The van der Waals surface area contributed by atoms with E-state index in [1.807, 2.05) is 23.9 Å². The van der Waals surface area contributed by atoms with E-state index in [1.54, 1.807) is 0 Å². The van der Waals surface area contributed by atoms with Crippen LogP contribution in [0.4, 0.5) is 0 Å². The van der Waals surface area contributed by atoms with Crippen molar-refractivity contribution >= 4 is 23.4 Å². The Hall–Kier alpha value is -0.180. The number of hydrogen-bond donors (Lipinski definition) is 1. The summed E-state index contributed by atoms with van der Waals surface area (Å²) in [6.45, 7) is 7.97. The molecule has 1 aromatic rings. The third-order valence-electron chi connectivity index (χ3n) is 4.36. The summed E-state index contributed by atoms with van der Waals surface area (Å²) in [6.07, 6.45) is 3.94. The van der Waals surface area contributed by atoms with Crippen molar-refractivity contribution in [3.05, 3.63) is 29.3 Å². The molecule has 1 aromatic carbocycles. The highest BCUT2D eigenvalue weighted by Gasteiger charge is 2.32. The van der Waals surface area contributed by atoms with Gasteiger partial charge >= 0.3 is 0 Å². The van der Waals surface area contributed by atoms with Gasteiger partial charge in [-0.25, -0.2) is 0 Å². The standard InChI is InChI=1S/C17H26ClNS/c1-4-19-15-10-9-13(12(2)3)11-17(15)20-16-8-6-5-7-14(16)18/h5-8,12-13,15,17,19H,4,9-11H2,1-3H3. The maximum absolute atomic E-state index is 6.33. The molecule has 0 heterocycles. The molecule has 0 spiro atoms. The molecule has 0 radical (unpaired) electrons. The summed E-state index contributed by atoms with van der Waals surface area (Å²) >= 11 is 8.29. The zero-order valence-electron chi connectivity index (χ0n) is 12.7. The zero-order chi connectivity index (χ0) is 14.5. The number of hydrogen-bond acceptors (Lipinski definition) is 2. The van der Waals surface area contributed by atoms with Gasteiger partial charge in [-0.3, -0.25) is 0 Å². The highest BCUT2D eigenvalue weighted by Crippen LogP contribution is 2.40. The van der Waals surface area contributed by atoms with E-state index in [0.717, 1.165) is 23.4 Å². The maximum atomic E-state index is 6.33. The summed E-state index contributed by atoms with van der Waals surface area (Å²) in [5.41, 5.74) is 0. The highest BCUT2D eigenvalue weighted by molar-refractivity contribution is 8.00. The molecule has 3 unspecified atom stereocenters. The molecule has 0 aliphatic heterocycles. The van der Waals surface area contributed by atoms with Crippen molar-refractivity contribution in [3.8, 4) is 0 Å². The van der Waals surface area contributed by atoms with Crippen molar-refractivity contribution in [2.24, 2.45) is 11.8 Å². The van der Waals surface area contributed by atoms with E-state index in [0.29, 0.717) is 11.3 Å². The van der Waals surface area contributed by atoms with E-state index in [2.05, 4.69) is 38.2 Å². The van der Waals surface area contributed by atoms with E-state index >= 15 is 0 Å². The molecule has 0 saturated heterocycles. The molecular formula is C17H26ClNS. The molecule has 1 nitrogen and oxygen atoms in total. The monoisotopic (exact) mass is 311 g/mol. The van der Waals surface area contributed by atoms with Crippen LogP contribution in [0.2, 0.25) is 5.02 Å². The lowest BCUT2D eigenvalue weighted by atomic mass is 9.79. The van der Waals surface area contributed by atoms with E-state index in [9.17, 15) is 0 Å². The first-order chi connectivity index (χ1) is 9.61. The Labute approximate surface area is 132 Å². The third-order valence-corrected chi connectivity index (χ3v) is 6.23. The molecule has 1 N–H and O–H groups in total. The Kier molecular flexibility index (Phi) is 6.25. The third kappa shape index (κ3) is 4.16. The van der Waals surface area contributed by atoms with Crippen LogP contribution in [0.5, 0.6) is 0 Å². The van der Waals surface area contributed by atoms with Crippen LogP contribution < -0.4 is 5.32 Å². The summed E-state index contributed by atoms with van der Waals surface area (Å²) in [4.78, 5) is 1.23. The van der Waals surface area contributed by atoms with Crippen molar-refractivity contribution in [1.29, 1.82) is 0 Å². The van der Waals surface area contributed by atoms with Crippen molar-refractivity contribution in [1.82, 2.24) is 5.32 Å². The summed E-state index contributed by atoms with van der Waals surface area (Å²) < 4.78 is 0. The highest BCUT2D eigenvalue weighted by atomic mass is 35.5. The van der Waals surface area contributed by atoms with Gasteiger partial charge in [-0.1, -0.05) is 44.5 Å². The largest absolute Gasteiger partial charge is 0.313 e. The molecular weight excluding hydrogens is 286 g/mol. The molecule has 2 rings (SSSR count). The van der Waals surface area contributed by atoms with Crippen LogP contribution >= 0.6 is 23.4 Å². The van der Waals surface area contributed by atoms with Crippen LogP contribution in [0.15, 0.2) is 29.2 Å². The average Bonchev–Trinajstić information content (AvgIpc) is 2.43. The Morgan fingerprint density at radius 2 is 2.05 bits per heavy atom. The molecule has 3 atom stereocenters. The van der Waals surface area contributed by atoms with Crippen LogP contribution in [0, 0.1) is 11.8 Å². The zero-order valence-corrected chi connectivity index (χ0v) is 14.3. The minimum atomic E-state index is 0.622. The molecule has 3 heteroatoms. The fourth-order valence-electron chi connectivity index (χ4n) is 3.09. The summed E-state index contributed by atoms with van der Waals surface area (Å²) in [5, 5.41) is 5.19. The number of benzene rings is 1. The smallest absolute Gasteiger partial charge is 0.0541 e. The molecule has 0 bridgehead atoms. The topological polar surface area (TPSA) is 12.0 Å². The van der Waals surface area contributed by atoms with E-state index in [-0.39, 0.29) is 0 Å². The first-order valence-electron chi connectivity index (χ1n) is 7.76. The van der Waals surface area contributed by atoms with Gasteiger partial charge in [-0.05, 0) is 49.8 Å². The van der Waals surface area contributed by atoms with Gasteiger partial charge in [0.2, 0.25) is 0 Å². The number of halogens is 1. The minimum Gasteiger partial charge on any atom is -0.313 e. The van der Waals surface area contributed by atoms with Crippen LogP contribution in [0.25, 0.3) is 0 Å². The van der Waals surface area contributed by atoms with Gasteiger partial charge in [0.1, 0.15) is 0 Å². The normalized spacial score (nSPS) is 26.9. The Balaban J connectivity index is 2.09. The fraction of sp³-hybridized carbons (Fsp3) is 0.647. The summed E-state index contributed by atoms with van der Waals surface area (Å²) in [5.74, 6) is 1.64. The molecule has 1 fully saturated rings. The average molecular weight is 312 g/mol. The van der Waals surface area contributed by atoms with E-state index in [4.69, 9.17) is 11.6 Å². The summed E-state index contributed by atoms with van der Waals surface area (Å²) in [7, 11) is 0. The molecule has 20 heavy (non-hydrogen) atoms. The van der Waals surface area contributed by atoms with Gasteiger partial charge in [-0.15, -0.1) is 11.8 Å². The van der Waals surface area contributed by atoms with E-state index in [1.165, 1.54) is 24.2 Å². The second-order valence-corrected chi connectivity index (χ2v) is 7.76. The lowest BCUT2D eigenvalue weighted by molar-refractivity contribution is 0.247. The Bertz CT molecular complexity index is 421. The first kappa shape index (κ1) is 16.2. The van der Waals surface area contributed by atoms with E-state index < -0.39 is 0 Å². The lowest BCUT2D eigenvalue weighted by Crippen LogP contribution is -2.43. The minimum absolute atomic E-state index is 0.622. The molecule has 1 aliphatic carbocycles. The molecule has 1 saturated carbocycles. The van der Waals surface area contributed by atoms with Crippen LogP contribution in [0.1, 0.15) is 40.0 Å². The molecule has 0 aromatic heterocycles. The Morgan fingerprint density at radius 3 is 2.70 bits per heavy atom. The van der Waals surface area contributed by atoms with Crippen LogP contribution in [-0.4, -0.2) is 17.8 Å². The number of nitrogens with one attached hydrogen (secondary N) is 1. The predicted molar refractivity (Wildman–Crippen MR) is 90.7 cm³/mol. The van der Waals surface area contributed by atoms with Crippen LogP contribution in [-0.2, 0) is 0 Å². The van der Waals surface area contributed by atoms with Crippen molar-refractivity contribution < 1.29 is 0 Å². The number of thioether (sulfide) groups is 1. The second kappa shape index (κ2) is 7.72. The lowest BCUT2D eigenvalue weighted by Gasteiger charge is -2.38. The number of rotatable bonds is 5. The SMILES string of the molecule is CCNC1CCC(C(C)C)CC1Sc1ccccc1Cl. The van der Waals surface area contributed by atoms with Gasteiger partial charge in [0.25, 0.3) is 0 Å². The van der Waals surface area contributed by atoms with Gasteiger partial charge in [0.05, 0.1) is 5.02 Å². The van der Waals surface area contributed by atoms with Crippen molar-refractivity contribution in [2.45, 2.75) is 56.2 Å². The van der Waals surface area contributed by atoms with Gasteiger partial charge in [-0.2, -0.15) is 0 Å². The van der Waals surface area contributed by atoms with Gasteiger partial charge < -0.3 is 5.32 Å². The first-order valence-corrected chi connectivity index (χ1v) is 9.02. The van der Waals surface area contributed by atoms with Crippen molar-refractivity contribution in [2.75, 3.05) is 6.54 Å². The second-order valence-electron chi connectivity index (χ2n) is 6.07. The summed E-state index contributed by atoms with van der Waals surface area (Å²) in [6, 6.07) is 8.85. The quantitative estimate of drug-likeness (QED) is 0.798. The fourth-order valence-corrected chi connectivity index (χ4v) is 4.77. The molecule has 1 aliphatic rings. The molecule has 0 amide bonds. The predicted octanol–water partition coefficient (Wildman–Crippen LogP) is 5.23. The van der Waals surface area contributed by atoms with Crippen molar-refractivity contribution in [3.63, 3.8) is 0 Å². The molecule has 112 valence electrons. The van der Waals surface area contributed by atoms with Gasteiger partial charge in [0, 0.05) is 16.2 Å².